The van der Waals surface area contributed by atoms with Crippen LogP contribution >= 0.6 is 0 Å². The van der Waals surface area contributed by atoms with E-state index in [-0.39, 0.29) is 5.78 Å². The average Bonchev–Trinajstić information content (AvgIpc) is 2.56. The molecule has 2 aromatic heterocycles. The van der Waals surface area contributed by atoms with Gasteiger partial charge in [-0.05, 0) is 19.4 Å². The number of nitrogens with zero attached hydrogens (tertiary/aromatic N) is 3. The van der Waals surface area contributed by atoms with Gasteiger partial charge >= 0.3 is 0 Å². The van der Waals surface area contributed by atoms with Gasteiger partial charge in [0.2, 0.25) is 0 Å². The summed E-state index contributed by atoms with van der Waals surface area (Å²) in [5.74, 6) is 0.773. The third-order valence-electron chi connectivity index (χ3n) is 2.44. The molecule has 0 spiro atoms. The Hall–Kier alpha value is -1.91. The van der Waals surface area contributed by atoms with Crippen molar-refractivity contribution < 1.29 is 4.79 Å². The number of fused-ring (bicyclic) bond motifs is 1. The van der Waals surface area contributed by atoms with Crippen LogP contribution in [0.1, 0.15) is 22.8 Å². The monoisotopic (exact) mass is 204 g/mol. The topological polar surface area (TPSA) is 59.3 Å². The molecule has 0 radical (unpaired) electrons. The van der Waals surface area contributed by atoms with Gasteiger partial charge in [0.05, 0.1) is 0 Å². The number of nitrogens with one attached hydrogen (secondary N) is 1. The van der Waals surface area contributed by atoms with E-state index in [1.54, 1.807) is 24.7 Å². The van der Waals surface area contributed by atoms with Crippen molar-refractivity contribution in [3.63, 3.8) is 0 Å². The summed E-state index contributed by atoms with van der Waals surface area (Å²) in [4.78, 5) is 15.5. The Morgan fingerprint density at radius 1 is 1.53 bits per heavy atom. The number of hydrogen-bond acceptors (Lipinski definition) is 4. The van der Waals surface area contributed by atoms with Crippen LogP contribution in [0.2, 0.25) is 0 Å². The first-order chi connectivity index (χ1) is 7.15. The molecule has 2 rings (SSSR count). The van der Waals surface area contributed by atoms with Gasteiger partial charge in [0.15, 0.2) is 11.6 Å². The van der Waals surface area contributed by atoms with Crippen molar-refractivity contribution in [1.82, 2.24) is 14.6 Å². The molecule has 1 N–H and O–H groups in total. The van der Waals surface area contributed by atoms with Crippen LogP contribution in [0.5, 0.6) is 0 Å². The lowest BCUT2D eigenvalue weighted by atomic mass is 10.1. The number of carbonyl (C=O) groups excluding carboxylic acids is 1. The summed E-state index contributed by atoms with van der Waals surface area (Å²) in [6.07, 6.45) is 3.19. The van der Waals surface area contributed by atoms with Gasteiger partial charge < -0.3 is 5.32 Å². The normalized spacial score (nSPS) is 10.6. The molecule has 0 amide bonds. The minimum atomic E-state index is 0.0417. The number of Topliss-reactive ketones (excluding diaryl/α,β-unsaturated/α-hetero) is 1. The Bertz CT molecular complexity index is 529. The molecule has 2 heterocycles. The number of aromatic nitrogens is 3. The first-order valence-electron chi connectivity index (χ1n) is 4.66. The van der Waals surface area contributed by atoms with Gasteiger partial charge in [0, 0.05) is 18.8 Å². The van der Waals surface area contributed by atoms with Crippen molar-refractivity contribution in [3.8, 4) is 0 Å². The van der Waals surface area contributed by atoms with Crippen molar-refractivity contribution >= 4 is 17.1 Å². The zero-order valence-electron chi connectivity index (χ0n) is 8.90. The van der Waals surface area contributed by atoms with Crippen molar-refractivity contribution in [3.05, 3.63) is 23.7 Å². The van der Waals surface area contributed by atoms with Crippen molar-refractivity contribution in [2.45, 2.75) is 13.8 Å². The molecule has 0 aliphatic rings. The molecule has 0 atom stereocenters. The second kappa shape index (κ2) is 3.34. The average molecular weight is 204 g/mol. The summed E-state index contributed by atoms with van der Waals surface area (Å²) < 4.78 is 1.67. The Morgan fingerprint density at radius 2 is 2.27 bits per heavy atom. The number of carbonyl (C=O) groups is 1. The van der Waals surface area contributed by atoms with Gasteiger partial charge in [-0.15, -0.1) is 0 Å². The molecule has 2 aromatic rings. The lowest BCUT2D eigenvalue weighted by molar-refractivity contribution is 0.101. The lowest BCUT2D eigenvalue weighted by Gasteiger charge is -2.01. The summed E-state index contributed by atoms with van der Waals surface area (Å²) in [7, 11) is 1.79. The Morgan fingerprint density at radius 3 is 2.87 bits per heavy atom. The highest BCUT2D eigenvalue weighted by atomic mass is 16.1. The molecule has 78 valence electrons. The largest absolute Gasteiger partial charge is 0.371 e. The Balaban J connectivity index is 2.82. The molecule has 0 aliphatic carbocycles. The number of rotatable bonds is 2. The molecule has 0 bridgehead atoms. The van der Waals surface area contributed by atoms with Crippen LogP contribution in [0.4, 0.5) is 5.82 Å². The third-order valence-corrected chi connectivity index (χ3v) is 2.44. The van der Waals surface area contributed by atoms with Gasteiger partial charge in [0.1, 0.15) is 11.8 Å². The first kappa shape index (κ1) is 9.64. The van der Waals surface area contributed by atoms with Crippen molar-refractivity contribution in [1.29, 1.82) is 0 Å². The maximum atomic E-state index is 11.4. The van der Waals surface area contributed by atoms with E-state index in [2.05, 4.69) is 15.4 Å². The van der Waals surface area contributed by atoms with Crippen LogP contribution in [0.25, 0.3) is 5.52 Å². The quantitative estimate of drug-likeness (QED) is 0.749. The second-order valence-electron chi connectivity index (χ2n) is 3.38. The minimum Gasteiger partial charge on any atom is -0.371 e. The number of aryl methyl sites for hydroxylation is 1. The fourth-order valence-electron chi connectivity index (χ4n) is 1.70. The molecule has 15 heavy (non-hydrogen) atoms. The van der Waals surface area contributed by atoms with Crippen LogP contribution in [0.3, 0.4) is 0 Å². The molecule has 0 saturated heterocycles. The molecule has 5 heteroatoms. The number of anilines is 1. The van der Waals surface area contributed by atoms with Crippen LogP contribution in [0, 0.1) is 6.92 Å². The maximum Gasteiger partial charge on any atom is 0.161 e. The van der Waals surface area contributed by atoms with E-state index in [4.69, 9.17) is 0 Å². The van der Waals surface area contributed by atoms with Gasteiger partial charge in [-0.1, -0.05) is 0 Å². The molecular formula is C10H12N4O. The molecule has 0 unspecified atom stereocenters. The van der Waals surface area contributed by atoms with Crippen molar-refractivity contribution in [2.24, 2.45) is 0 Å². The molecule has 5 nitrogen and oxygen atoms in total. The fraction of sp³-hybridized carbons (Fsp3) is 0.300. The summed E-state index contributed by atoms with van der Waals surface area (Å²) in [5.41, 5.74) is 2.45. The van der Waals surface area contributed by atoms with Gasteiger partial charge in [-0.2, -0.15) is 5.10 Å². The summed E-state index contributed by atoms with van der Waals surface area (Å²) in [6.45, 7) is 3.45. The molecule has 0 saturated carbocycles. The summed E-state index contributed by atoms with van der Waals surface area (Å²) >= 11 is 0. The maximum absolute atomic E-state index is 11.4. The van der Waals surface area contributed by atoms with Gasteiger partial charge in [-0.25, -0.2) is 9.50 Å². The summed E-state index contributed by atoms with van der Waals surface area (Å²) in [5, 5.41) is 7.05. The zero-order chi connectivity index (χ0) is 11.0. The van der Waals surface area contributed by atoms with E-state index in [0.717, 1.165) is 16.9 Å². The SMILES string of the molecule is CNc1ncnn2cc(C(C)=O)c(C)c12. The van der Waals surface area contributed by atoms with E-state index in [0.29, 0.717) is 5.56 Å². The van der Waals surface area contributed by atoms with Crippen LogP contribution < -0.4 is 5.32 Å². The van der Waals surface area contributed by atoms with E-state index >= 15 is 0 Å². The van der Waals surface area contributed by atoms with E-state index in [9.17, 15) is 4.79 Å². The van der Waals surface area contributed by atoms with E-state index in [1.165, 1.54) is 6.33 Å². The lowest BCUT2D eigenvalue weighted by Crippen LogP contribution is -1.99. The van der Waals surface area contributed by atoms with Crippen molar-refractivity contribution in [2.75, 3.05) is 12.4 Å². The predicted octanol–water partition coefficient (Wildman–Crippen LogP) is 1.28. The van der Waals surface area contributed by atoms with E-state index in [1.807, 2.05) is 6.92 Å². The van der Waals surface area contributed by atoms with Crippen LogP contribution in [-0.2, 0) is 0 Å². The number of ketones is 1. The van der Waals surface area contributed by atoms with Gasteiger partial charge in [0.25, 0.3) is 0 Å². The van der Waals surface area contributed by atoms with Gasteiger partial charge in [-0.3, -0.25) is 4.79 Å². The highest BCUT2D eigenvalue weighted by Gasteiger charge is 2.13. The molecular weight excluding hydrogens is 192 g/mol. The van der Waals surface area contributed by atoms with Crippen LogP contribution in [0.15, 0.2) is 12.5 Å². The minimum absolute atomic E-state index is 0.0417. The molecule has 0 aromatic carbocycles. The van der Waals surface area contributed by atoms with Crippen LogP contribution in [-0.4, -0.2) is 27.4 Å². The molecule has 0 aliphatic heterocycles. The highest BCUT2D eigenvalue weighted by molar-refractivity contribution is 5.98. The predicted molar refractivity (Wildman–Crippen MR) is 57.3 cm³/mol. The standard InChI is InChI=1S/C10H12N4O/c1-6-8(7(2)15)4-14-9(6)10(11-3)12-5-13-14/h4-5H,1-3H3,(H,11,12,13). The fourth-order valence-corrected chi connectivity index (χ4v) is 1.70. The zero-order valence-corrected chi connectivity index (χ0v) is 8.90. The Kier molecular flexibility index (Phi) is 2.15. The second-order valence-corrected chi connectivity index (χ2v) is 3.38. The Labute approximate surface area is 87.1 Å². The molecule has 0 fully saturated rings. The number of hydrogen-bond donors (Lipinski definition) is 1. The smallest absolute Gasteiger partial charge is 0.161 e. The third kappa shape index (κ3) is 1.36. The first-order valence-corrected chi connectivity index (χ1v) is 4.66. The highest BCUT2D eigenvalue weighted by Crippen LogP contribution is 2.22. The summed E-state index contributed by atoms with van der Waals surface area (Å²) in [6, 6.07) is 0. The van der Waals surface area contributed by atoms with E-state index < -0.39 is 0 Å².